The molecule has 0 radical (unpaired) electrons. The number of nitrogens with two attached hydrogens (primary N) is 1. The van der Waals surface area contributed by atoms with E-state index < -0.39 is 0 Å². The lowest BCUT2D eigenvalue weighted by Gasteiger charge is -2.44. The number of aromatic nitrogens is 2. The molecule has 0 amide bonds. The molecule has 1 saturated heterocycles. The molecule has 5 heteroatoms. The summed E-state index contributed by atoms with van der Waals surface area (Å²) in [5, 5.41) is 0. The van der Waals surface area contributed by atoms with Crippen LogP contribution in [0.3, 0.4) is 0 Å². The molecule has 4 nitrogen and oxygen atoms in total. The molecule has 2 heterocycles. The van der Waals surface area contributed by atoms with Gasteiger partial charge >= 0.3 is 0 Å². The van der Waals surface area contributed by atoms with Crippen LogP contribution in [-0.2, 0) is 4.74 Å². The van der Waals surface area contributed by atoms with Crippen LogP contribution in [0, 0.1) is 0 Å². The Morgan fingerprint density at radius 3 is 2.95 bits per heavy atom. The molecule has 2 aliphatic rings. The molecular formula is C14H21N3OS. The summed E-state index contributed by atoms with van der Waals surface area (Å²) in [5.41, 5.74) is 5.85. The Kier molecular flexibility index (Phi) is 3.58. The van der Waals surface area contributed by atoms with Crippen LogP contribution in [0.5, 0.6) is 0 Å². The Bertz CT molecular complexity index is 460. The molecule has 0 aromatic carbocycles. The van der Waals surface area contributed by atoms with Gasteiger partial charge in [-0.05, 0) is 25.7 Å². The number of imidazole rings is 1. The van der Waals surface area contributed by atoms with Gasteiger partial charge in [0.15, 0.2) is 5.82 Å². The second-order valence-corrected chi connectivity index (χ2v) is 6.20. The van der Waals surface area contributed by atoms with E-state index in [2.05, 4.69) is 9.55 Å². The van der Waals surface area contributed by atoms with Gasteiger partial charge in [-0.1, -0.05) is 31.5 Å². The van der Waals surface area contributed by atoms with Gasteiger partial charge in [0, 0.05) is 25.0 Å². The van der Waals surface area contributed by atoms with Crippen molar-refractivity contribution < 1.29 is 4.74 Å². The van der Waals surface area contributed by atoms with E-state index in [-0.39, 0.29) is 5.60 Å². The van der Waals surface area contributed by atoms with Gasteiger partial charge in [-0.2, -0.15) is 0 Å². The van der Waals surface area contributed by atoms with Crippen molar-refractivity contribution in [1.29, 1.82) is 0 Å². The molecule has 1 aromatic rings. The summed E-state index contributed by atoms with van der Waals surface area (Å²) >= 11 is 5.08. The number of hydrogen-bond donors (Lipinski definition) is 1. The first-order valence-electron chi connectivity index (χ1n) is 7.17. The minimum Gasteiger partial charge on any atom is -0.387 e. The average molecular weight is 279 g/mol. The van der Waals surface area contributed by atoms with Gasteiger partial charge < -0.3 is 15.0 Å². The van der Waals surface area contributed by atoms with Crippen LogP contribution in [0.15, 0.2) is 12.4 Å². The van der Waals surface area contributed by atoms with E-state index in [9.17, 15) is 0 Å². The molecule has 2 N–H and O–H groups in total. The van der Waals surface area contributed by atoms with E-state index in [0.717, 1.165) is 25.3 Å². The summed E-state index contributed by atoms with van der Waals surface area (Å²) in [6.45, 7) is 0.833. The first-order chi connectivity index (χ1) is 9.20. The van der Waals surface area contributed by atoms with E-state index in [1.165, 1.54) is 32.1 Å². The fourth-order valence-corrected chi connectivity index (χ4v) is 3.74. The van der Waals surface area contributed by atoms with E-state index in [1.807, 2.05) is 6.20 Å². The first kappa shape index (κ1) is 13.1. The van der Waals surface area contributed by atoms with Crippen molar-refractivity contribution in [3.8, 4) is 0 Å². The minimum absolute atomic E-state index is 0.0962. The van der Waals surface area contributed by atoms with E-state index >= 15 is 0 Å². The third-order valence-electron chi connectivity index (χ3n) is 4.51. The molecular weight excluding hydrogens is 258 g/mol. The van der Waals surface area contributed by atoms with Crippen molar-refractivity contribution in [2.75, 3.05) is 6.61 Å². The summed E-state index contributed by atoms with van der Waals surface area (Å²) < 4.78 is 8.29. The number of hydrogen-bond acceptors (Lipinski definition) is 3. The zero-order valence-corrected chi connectivity index (χ0v) is 12.0. The Balaban J connectivity index is 1.81. The maximum Gasteiger partial charge on any atom is 0.167 e. The number of nitrogens with zero attached hydrogens (tertiary/aromatic N) is 2. The molecule has 2 fully saturated rings. The highest BCUT2D eigenvalue weighted by Crippen LogP contribution is 2.42. The summed E-state index contributed by atoms with van der Waals surface area (Å²) in [5.74, 6) is 0.743. The fourth-order valence-electron chi connectivity index (χ4n) is 3.58. The summed E-state index contributed by atoms with van der Waals surface area (Å²) in [6, 6.07) is 0.422. The summed E-state index contributed by atoms with van der Waals surface area (Å²) in [4.78, 5) is 4.66. The number of rotatable bonds is 2. The molecule has 3 rings (SSSR count). The predicted octanol–water partition coefficient (Wildman–Crippen LogP) is 2.57. The molecule has 1 aliphatic carbocycles. The van der Waals surface area contributed by atoms with Crippen LogP contribution in [0.25, 0.3) is 0 Å². The van der Waals surface area contributed by atoms with Gasteiger partial charge in [-0.15, -0.1) is 0 Å². The molecule has 1 saturated carbocycles. The van der Waals surface area contributed by atoms with Gasteiger partial charge in [0.25, 0.3) is 0 Å². The Morgan fingerprint density at radius 1 is 1.42 bits per heavy atom. The van der Waals surface area contributed by atoms with Gasteiger partial charge in [0.05, 0.1) is 5.60 Å². The smallest absolute Gasteiger partial charge is 0.167 e. The molecule has 1 aliphatic heterocycles. The van der Waals surface area contributed by atoms with E-state index in [4.69, 9.17) is 22.7 Å². The highest BCUT2D eigenvalue weighted by molar-refractivity contribution is 7.80. The quantitative estimate of drug-likeness (QED) is 0.845. The third-order valence-corrected chi connectivity index (χ3v) is 4.70. The van der Waals surface area contributed by atoms with Gasteiger partial charge in [0.1, 0.15) is 4.99 Å². The largest absolute Gasteiger partial charge is 0.387 e. The third kappa shape index (κ3) is 2.54. The van der Waals surface area contributed by atoms with Crippen LogP contribution in [0.4, 0.5) is 0 Å². The summed E-state index contributed by atoms with van der Waals surface area (Å²) in [7, 11) is 0. The van der Waals surface area contributed by atoms with E-state index in [1.54, 1.807) is 6.20 Å². The Labute approximate surface area is 119 Å². The van der Waals surface area contributed by atoms with Crippen LogP contribution in [0.2, 0.25) is 0 Å². The van der Waals surface area contributed by atoms with Gasteiger partial charge in [-0.25, -0.2) is 4.98 Å². The second-order valence-electron chi connectivity index (χ2n) is 5.76. The second kappa shape index (κ2) is 5.21. The molecule has 0 bridgehead atoms. The number of ether oxygens (including phenoxy) is 1. The Morgan fingerprint density at radius 2 is 2.21 bits per heavy atom. The zero-order chi connectivity index (χ0) is 13.3. The molecule has 19 heavy (non-hydrogen) atoms. The van der Waals surface area contributed by atoms with Crippen molar-refractivity contribution in [3.05, 3.63) is 18.2 Å². The van der Waals surface area contributed by atoms with Crippen LogP contribution >= 0.6 is 12.2 Å². The predicted molar refractivity (Wildman–Crippen MR) is 78.2 cm³/mol. The van der Waals surface area contributed by atoms with Crippen molar-refractivity contribution in [1.82, 2.24) is 9.55 Å². The SMILES string of the molecule is NC(=S)c1nccn1C1CCOC2(CCCCC2)C1. The topological polar surface area (TPSA) is 53.1 Å². The summed E-state index contributed by atoms with van der Waals surface area (Å²) in [6.07, 6.45) is 12.2. The number of thiocarbonyl (C=S) groups is 1. The molecule has 1 aromatic heterocycles. The standard InChI is InChI=1S/C14H21N3OS/c15-12(19)13-16-7-8-17(13)11-4-9-18-14(10-11)5-2-1-3-6-14/h7-8,11H,1-6,9-10H2,(H2,15,19). The molecule has 1 spiro atoms. The normalized spacial score (nSPS) is 26.4. The van der Waals surface area contributed by atoms with Crippen molar-refractivity contribution in [3.63, 3.8) is 0 Å². The Hall–Kier alpha value is -0.940. The molecule has 1 atom stereocenters. The lowest BCUT2D eigenvalue weighted by molar-refractivity contribution is -0.114. The van der Waals surface area contributed by atoms with Crippen LogP contribution in [0.1, 0.15) is 56.8 Å². The maximum absolute atomic E-state index is 6.14. The van der Waals surface area contributed by atoms with Crippen LogP contribution in [-0.4, -0.2) is 26.7 Å². The fraction of sp³-hybridized carbons (Fsp3) is 0.714. The average Bonchev–Trinajstić information content (AvgIpc) is 2.89. The highest BCUT2D eigenvalue weighted by Gasteiger charge is 2.39. The van der Waals surface area contributed by atoms with Gasteiger partial charge in [0.2, 0.25) is 0 Å². The maximum atomic E-state index is 6.14. The lowest BCUT2D eigenvalue weighted by Crippen LogP contribution is -2.42. The lowest BCUT2D eigenvalue weighted by atomic mass is 9.78. The van der Waals surface area contributed by atoms with Crippen molar-refractivity contribution >= 4 is 17.2 Å². The zero-order valence-electron chi connectivity index (χ0n) is 11.2. The van der Waals surface area contributed by atoms with Gasteiger partial charge in [-0.3, -0.25) is 0 Å². The van der Waals surface area contributed by atoms with Crippen molar-refractivity contribution in [2.24, 2.45) is 5.73 Å². The monoisotopic (exact) mass is 279 g/mol. The highest BCUT2D eigenvalue weighted by atomic mass is 32.1. The van der Waals surface area contributed by atoms with Crippen LogP contribution < -0.4 is 5.73 Å². The molecule has 104 valence electrons. The molecule has 1 unspecified atom stereocenters. The van der Waals surface area contributed by atoms with E-state index in [0.29, 0.717) is 11.0 Å². The minimum atomic E-state index is 0.0962. The van der Waals surface area contributed by atoms with Crippen molar-refractivity contribution in [2.45, 2.75) is 56.6 Å². The first-order valence-corrected chi connectivity index (χ1v) is 7.58.